The Morgan fingerprint density at radius 1 is 1.30 bits per heavy atom. The van der Waals surface area contributed by atoms with Crippen LogP contribution in [-0.2, 0) is 10.0 Å². The van der Waals surface area contributed by atoms with Gasteiger partial charge in [0.05, 0.1) is 10.5 Å². The van der Waals surface area contributed by atoms with Crippen LogP contribution >= 0.6 is 0 Å². The number of carboxylic acid groups (broad SMARTS) is 1. The van der Waals surface area contributed by atoms with Crippen LogP contribution in [0.3, 0.4) is 0 Å². The molecule has 2 N–H and O–H groups in total. The molecule has 0 spiro atoms. The number of nitrogens with one attached hydrogen (secondary N) is 1. The van der Waals surface area contributed by atoms with Crippen molar-refractivity contribution in [2.45, 2.75) is 18.7 Å². The van der Waals surface area contributed by atoms with Gasteiger partial charge in [-0.2, -0.15) is 0 Å². The molecular weight excluding hydrogens is 286 g/mol. The largest absolute Gasteiger partial charge is 0.478 e. The average molecular weight is 297 g/mol. The summed E-state index contributed by atoms with van der Waals surface area (Å²) in [6.07, 6.45) is 0. The SMILES string of the molecule is Cc1nnc(NS(=O)(=O)c2ccc(C)c(C(=O)O)c2)o1. The molecule has 0 unspecified atom stereocenters. The topological polar surface area (TPSA) is 122 Å². The number of sulfonamides is 1. The number of aryl methyl sites for hydroxylation is 2. The van der Waals surface area contributed by atoms with Gasteiger partial charge in [-0.25, -0.2) is 17.9 Å². The van der Waals surface area contributed by atoms with Crippen LogP contribution in [0.25, 0.3) is 0 Å². The maximum absolute atomic E-state index is 12.1. The number of aromatic nitrogens is 2. The summed E-state index contributed by atoms with van der Waals surface area (Å²) in [4.78, 5) is 10.8. The van der Waals surface area contributed by atoms with E-state index >= 15 is 0 Å². The number of nitrogens with zero attached hydrogens (tertiary/aromatic N) is 2. The number of hydrogen-bond acceptors (Lipinski definition) is 6. The van der Waals surface area contributed by atoms with Crippen LogP contribution in [0.1, 0.15) is 21.8 Å². The monoisotopic (exact) mass is 297 g/mol. The van der Waals surface area contributed by atoms with E-state index in [0.717, 1.165) is 6.07 Å². The molecule has 0 fully saturated rings. The molecule has 0 bridgehead atoms. The van der Waals surface area contributed by atoms with E-state index in [1.807, 2.05) is 0 Å². The Morgan fingerprint density at radius 2 is 2.00 bits per heavy atom. The van der Waals surface area contributed by atoms with Crippen LogP contribution in [-0.4, -0.2) is 29.7 Å². The van der Waals surface area contributed by atoms with Gasteiger partial charge in [0.25, 0.3) is 10.0 Å². The third-order valence-electron chi connectivity index (χ3n) is 2.50. The van der Waals surface area contributed by atoms with Crippen molar-refractivity contribution >= 4 is 22.0 Å². The smallest absolute Gasteiger partial charge is 0.335 e. The second-order valence-electron chi connectivity index (χ2n) is 4.01. The van der Waals surface area contributed by atoms with Crippen molar-refractivity contribution in [1.82, 2.24) is 10.2 Å². The highest BCUT2D eigenvalue weighted by Crippen LogP contribution is 2.18. The highest BCUT2D eigenvalue weighted by Gasteiger charge is 2.20. The van der Waals surface area contributed by atoms with Crippen molar-refractivity contribution in [1.29, 1.82) is 0 Å². The maximum Gasteiger partial charge on any atom is 0.335 e. The van der Waals surface area contributed by atoms with Crippen molar-refractivity contribution in [3.05, 3.63) is 35.2 Å². The molecule has 2 rings (SSSR count). The Morgan fingerprint density at radius 3 is 2.55 bits per heavy atom. The minimum absolute atomic E-state index is 0.0883. The van der Waals surface area contributed by atoms with Crippen molar-refractivity contribution in [3.63, 3.8) is 0 Å². The lowest BCUT2D eigenvalue weighted by Gasteiger charge is -2.06. The molecule has 9 heteroatoms. The molecule has 0 aliphatic carbocycles. The van der Waals surface area contributed by atoms with Gasteiger partial charge in [0, 0.05) is 6.92 Å². The summed E-state index contributed by atoms with van der Waals surface area (Å²) in [5, 5.41) is 16.0. The van der Waals surface area contributed by atoms with Crippen molar-refractivity contribution in [3.8, 4) is 0 Å². The van der Waals surface area contributed by atoms with Crippen LogP contribution in [0.4, 0.5) is 6.01 Å². The molecule has 1 heterocycles. The third-order valence-corrected chi connectivity index (χ3v) is 3.82. The van der Waals surface area contributed by atoms with Gasteiger partial charge in [0.15, 0.2) is 0 Å². The summed E-state index contributed by atoms with van der Waals surface area (Å²) in [7, 11) is -3.98. The maximum atomic E-state index is 12.1. The summed E-state index contributed by atoms with van der Waals surface area (Å²) in [6, 6.07) is 3.51. The summed E-state index contributed by atoms with van der Waals surface area (Å²) >= 11 is 0. The zero-order chi connectivity index (χ0) is 14.9. The number of aromatic carboxylic acids is 1. The van der Waals surface area contributed by atoms with Crippen molar-refractivity contribution in [2.75, 3.05) is 4.72 Å². The zero-order valence-corrected chi connectivity index (χ0v) is 11.4. The molecule has 106 valence electrons. The third kappa shape index (κ3) is 2.77. The van der Waals surface area contributed by atoms with Crippen LogP contribution in [0.15, 0.2) is 27.5 Å². The molecule has 0 saturated heterocycles. The highest BCUT2D eigenvalue weighted by atomic mass is 32.2. The first-order valence-corrected chi connectivity index (χ1v) is 6.95. The van der Waals surface area contributed by atoms with E-state index in [9.17, 15) is 13.2 Å². The van der Waals surface area contributed by atoms with Gasteiger partial charge in [0.2, 0.25) is 5.89 Å². The number of benzene rings is 1. The molecule has 0 radical (unpaired) electrons. The number of anilines is 1. The number of hydrogen-bond donors (Lipinski definition) is 2. The second kappa shape index (κ2) is 4.93. The lowest BCUT2D eigenvalue weighted by molar-refractivity contribution is 0.0696. The quantitative estimate of drug-likeness (QED) is 0.868. The van der Waals surface area contributed by atoms with E-state index in [4.69, 9.17) is 9.52 Å². The zero-order valence-electron chi connectivity index (χ0n) is 10.6. The Balaban J connectivity index is 2.39. The summed E-state index contributed by atoms with van der Waals surface area (Å²) in [6.45, 7) is 3.09. The van der Waals surface area contributed by atoms with E-state index in [1.54, 1.807) is 6.92 Å². The number of rotatable bonds is 4. The minimum atomic E-state index is -3.98. The van der Waals surface area contributed by atoms with Gasteiger partial charge >= 0.3 is 12.0 Å². The molecule has 0 atom stereocenters. The van der Waals surface area contributed by atoms with Crippen LogP contribution in [0, 0.1) is 13.8 Å². The van der Waals surface area contributed by atoms with Gasteiger partial charge in [-0.15, -0.1) is 5.10 Å². The highest BCUT2D eigenvalue weighted by molar-refractivity contribution is 7.92. The summed E-state index contributed by atoms with van der Waals surface area (Å²) in [5.74, 6) is -0.994. The van der Waals surface area contributed by atoms with E-state index in [2.05, 4.69) is 14.9 Å². The fourth-order valence-electron chi connectivity index (χ4n) is 1.51. The molecule has 2 aromatic rings. The Kier molecular flexibility index (Phi) is 3.45. The van der Waals surface area contributed by atoms with Gasteiger partial charge in [0.1, 0.15) is 0 Å². The first-order valence-electron chi connectivity index (χ1n) is 5.46. The Bertz CT molecular complexity index is 766. The second-order valence-corrected chi connectivity index (χ2v) is 5.70. The summed E-state index contributed by atoms with van der Waals surface area (Å²) in [5.41, 5.74) is 0.375. The molecule has 0 aliphatic heterocycles. The van der Waals surface area contributed by atoms with Gasteiger partial charge < -0.3 is 9.52 Å². The molecule has 8 nitrogen and oxygen atoms in total. The lowest BCUT2D eigenvalue weighted by Crippen LogP contribution is -2.14. The van der Waals surface area contributed by atoms with Gasteiger partial charge in [-0.05, 0) is 24.6 Å². The molecule has 1 aromatic carbocycles. The number of carbonyl (C=O) groups is 1. The van der Waals surface area contributed by atoms with Gasteiger partial charge in [-0.3, -0.25) is 0 Å². The van der Waals surface area contributed by atoms with Crippen LogP contribution in [0.2, 0.25) is 0 Å². The van der Waals surface area contributed by atoms with E-state index in [1.165, 1.54) is 19.1 Å². The molecular formula is C11H11N3O5S. The van der Waals surface area contributed by atoms with Crippen LogP contribution < -0.4 is 4.72 Å². The fourth-order valence-corrected chi connectivity index (χ4v) is 2.46. The molecule has 0 aliphatic rings. The average Bonchev–Trinajstić information content (AvgIpc) is 2.73. The van der Waals surface area contributed by atoms with E-state index in [0.29, 0.717) is 5.56 Å². The standard InChI is InChI=1S/C11H11N3O5S/c1-6-3-4-8(5-9(6)10(15)16)20(17,18)14-11-13-12-7(2)19-11/h3-5H,1-2H3,(H,13,14)(H,15,16). The van der Waals surface area contributed by atoms with Gasteiger partial charge in [-0.1, -0.05) is 11.2 Å². The molecule has 20 heavy (non-hydrogen) atoms. The van der Waals surface area contributed by atoms with E-state index in [-0.39, 0.29) is 22.4 Å². The fraction of sp³-hybridized carbons (Fsp3) is 0.182. The van der Waals surface area contributed by atoms with Crippen LogP contribution in [0.5, 0.6) is 0 Å². The van der Waals surface area contributed by atoms with Crippen molar-refractivity contribution < 1.29 is 22.7 Å². The lowest BCUT2D eigenvalue weighted by atomic mass is 10.1. The minimum Gasteiger partial charge on any atom is -0.478 e. The first-order chi connectivity index (χ1) is 9.29. The number of carboxylic acids is 1. The normalized spacial score (nSPS) is 11.3. The molecule has 0 saturated carbocycles. The van der Waals surface area contributed by atoms with Crippen molar-refractivity contribution in [2.24, 2.45) is 0 Å². The predicted molar refractivity (Wildman–Crippen MR) is 68.0 cm³/mol. The molecule has 0 amide bonds. The first kappa shape index (κ1) is 14.0. The Hall–Kier alpha value is -2.42. The molecule has 1 aromatic heterocycles. The Labute approximate surface area is 114 Å². The summed E-state index contributed by atoms with van der Waals surface area (Å²) < 4.78 is 31.1. The van der Waals surface area contributed by atoms with E-state index < -0.39 is 16.0 Å². The predicted octanol–water partition coefficient (Wildman–Crippen LogP) is 1.19.